The number of carbonyl (C=O) groups excluding carboxylic acids is 2. The van der Waals surface area contributed by atoms with E-state index in [9.17, 15) is 14.7 Å². The predicted molar refractivity (Wildman–Crippen MR) is 93.1 cm³/mol. The summed E-state index contributed by atoms with van der Waals surface area (Å²) in [4.78, 5) is 24.0. The van der Waals surface area contributed by atoms with E-state index in [4.69, 9.17) is 14.2 Å². The summed E-state index contributed by atoms with van der Waals surface area (Å²) in [5.41, 5.74) is 0.351. The summed E-state index contributed by atoms with van der Waals surface area (Å²) in [6, 6.07) is 5.73. The van der Waals surface area contributed by atoms with Crippen molar-refractivity contribution in [3.8, 4) is 11.5 Å². The number of aliphatic hydroxyl groups excluding tert-OH is 1. The van der Waals surface area contributed by atoms with Crippen LogP contribution in [0.3, 0.4) is 0 Å². The molecule has 1 saturated carbocycles. The highest BCUT2D eigenvalue weighted by Crippen LogP contribution is 2.49. The van der Waals surface area contributed by atoms with Crippen molar-refractivity contribution >= 4 is 11.9 Å². The molecule has 0 spiro atoms. The Kier molecular flexibility index (Phi) is 5.09. The van der Waals surface area contributed by atoms with Crippen LogP contribution in [-0.2, 0) is 14.3 Å². The van der Waals surface area contributed by atoms with E-state index >= 15 is 0 Å². The third-order valence-electron chi connectivity index (χ3n) is 4.27. The van der Waals surface area contributed by atoms with Crippen molar-refractivity contribution in [3.05, 3.63) is 23.8 Å². The summed E-state index contributed by atoms with van der Waals surface area (Å²) in [7, 11) is 0. The molecule has 1 heterocycles. The van der Waals surface area contributed by atoms with Gasteiger partial charge in [0.25, 0.3) is 0 Å². The maximum absolute atomic E-state index is 12.3. The highest BCUT2D eigenvalue weighted by atomic mass is 16.6. The van der Waals surface area contributed by atoms with Crippen LogP contribution < -0.4 is 14.8 Å². The second-order valence-corrected chi connectivity index (χ2v) is 7.65. The molecule has 1 aromatic rings. The van der Waals surface area contributed by atoms with E-state index in [0.29, 0.717) is 19.0 Å². The van der Waals surface area contributed by atoms with E-state index in [2.05, 4.69) is 5.32 Å². The highest BCUT2D eigenvalue weighted by Gasteiger charge is 2.44. The molecule has 3 atom stereocenters. The molecule has 1 amide bonds. The van der Waals surface area contributed by atoms with Crippen molar-refractivity contribution in [2.45, 2.75) is 44.8 Å². The number of carbonyl (C=O) groups is 2. The third kappa shape index (κ3) is 4.46. The zero-order valence-corrected chi connectivity index (χ0v) is 15.3. The zero-order chi connectivity index (χ0) is 18.9. The minimum atomic E-state index is -1.37. The number of hydrogen-bond donors (Lipinski definition) is 2. The fourth-order valence-corrected chi connectivity index (χ4v) is 2.93. The molecule has 1 aromatic carbocycles. The summed E-state index contributed by atoms with van der Waals surface area (Å²) in [5, 5.41) is 12.5. The molecule has 7 heteroatoms. The van der Waals surface area contributed by atoms with Crippen molar-refractivity contribution in [2.75, 3.05) is 19.8 Å². The van der Waals surface area contributed by atoms with E-state index in [1.54, 1.807) is 20.8 Å². The van der Waals surface area contributed by atoms with Gasteiger partial charge in [0.1, 0.15) is 18.8 Å². The van der Waals surface area contributed by atoms with Crippen molar-refractivity contribution in [2.24, 2.45) is 5.92 Å². The Morgan fingerprint density at radius 3 is 2.65 bits per heavy atom. The van der Waals surface area contributed by atoms with Crippen LogP contribution in [0.1, 0.15) is 38.7 Å². The van der Waals surface area contributed by atoms with Gasteiger partial charge < -0.3 is 24.6 Å². The Labute approximate surface area is 152 Å². The van der Waals surface area contributed by atoms with Gasteiger partial charge in [-0.1, -0.05) is 6.07 Å². The molecule has 0 unspecified atom stereocenters. The Bertz CT molecular complexity index is 696. The van der Waals surface area contributed by atoms with Gasteiger partial charge in [0.2, 0.25) is 5.91 Å². The first kappa shape index (κ1) is 18.5. The summed E-state index contributed by atoms with van der Waals surface area (Å²) in [5.74, 6) is 0.472. The fourth-order valence-electron chi connectivity index (χ4n) is 2.93. The van der Waals surface area contributed by atoms with Gasteiger partial charge in [-0.2, -0.15) is 0 Å². The first-order valence-electron chi connectivity index (χ1n) is 8.83. The molecule has 0 bridgehead atoms. The van der Waals surface area contributed by atoms with E-state index in [0.717, 1.165) is 17.7 Å². The number of rotatable bonds is 5. The molecule has 2 N–H and O–H groups in total. The molecule has 3 rings (SSSR count). The highest BCUT2D eigenvalue weighted by molar-refractivity contribution is 5.84. The lowest BCUT2D eigenvalue weighted by molar-refractivity contribution is -0.164. The number of amides is 1. The lowest BCUT2D eigenvalue weighted by atomic mass is 10.1. The molecule has 0 saturated heterocycles. The zero-order valence-electron chi connectivity index (χ0n) is 15.3. The van der Waals surface area contributed by atoms with Gasteiger partial charge in [-0.05, 0) is 50.8 Å². The van der Waals surface area contributed by atoms with Crippen LogP contribution in [0.2, 0.25) is 0 Å². The standard InChI is InChI=1S/C19H25NO6/c1-19(2,3)26-18(23)14(21)10-20-17(22)13-9-12(13)11-4-5-15-16(8-11)25-7-6-24-15/h4-5,8,12-14,21H,6-7,9-10H2,1-3H3,(H,20,22)/t12-,13-,14-/m1/s1. The lowest BCUT2D eigenvalue weighted by Gasteiger charge is -2.21. The molecule has 1 aliphatic heterocycles. The topological polar surface area (TPSA) is 94.1 Å². The largest absolute Gasteiger partial charge is 0.486 e. The maximum Gasteiger partial charge on any atom is 0.337 e. The Balaban J connectivity index is 1.49. The van der Waals surface area contributed by atoms with Crippen LogP contribution in [0.5, 0.6) is 11.5 Å². The predicted octanol–water partition coefficient (Wildman–Crippen LogP) is 1.38. The molecule has 26 heavy (non-hydrogen) atoms. The van der Waals surface area contributed by atoms with E-state index in [-0.39, 0.29) is 24.3 Å². The van der Waals surface area contributed by atoms with E-state index in [1.807, 2.05) is 18.2 Å². The maximum atomic E-state index is 12.3. The Hall–Kier alpha value is -2.28. The Morgan fingerprint density at radius 2 is 1.96 bits per heavy atom. The molecule has 1 aliphatic carbocycles. The van der Waals surface area contributed by atoms with Gasteiger partial charge in [-0.3, -0.25) is 4.79 Å². The molecule has 7 nitrogen and oxygen atoms in total. The number of nitrogens with one attached hydrogen (secondary N) is 1. The number of ether oxygens (including phenoxy) is 3. The van der Waals surface area contributed by atoms with Crippen LogP contribution >= 0.6 is 0 Å². The molecule has 0 aromatic heterocycles. The van der Waals surface area contributed by atoms with Crippen molar-refractivity contribution in [1.29, 1.82) is 0 Å². The summed E-state index contributed by atoms with van der Waals surface area (Å²) >= 11 is 0. The number of fused-ring (bicyclic) bond motifs is 1. The molecule has 1 fully saturated rings. The number of aliphatic hydroxyl groups is 1. The minimum Gasteiger partial charge on any atom is -0.486 e. The third-order valence-corrected chi connectivity index (χ3v) is 4.27. The van der Waals surface area contributed by atoms with Gasteiger partial charge in [0.15, 0.2) is 17.6 Å². The van der Waals surface area contributed by atoms with E-state index in [1.165, 1.54) is 0 Å². The second-order valence-electron chi connectivity index (χ2n) is 7.65. The average Bonchev–Trinajstić information content (AvgIpc) is 3.38. The van der Waals surface area contributed by atoms with Crippen molar-refractivity contribution < 1.29 is 28.9 Å². The van der Waals surface area contributed by atoms with Gasteiger partial charge in [0.05, 0.1) is 6.54 Å². The van der Waals surface area contributed by atoms with Crippen molar-refractivity contribution in [3.63, 3.8) is 0 Å². The van der Waals surface area contributed by atoms with Gasteiger partial charge >= 0.3 is 5.97 Å². The van der Waals surface area contributed by atoms with Gasteiger partial charge in [0, 0.05) is 5.92 Å². The van der Waals surface area contributed by atoms with Crippen LogP contribution in [0.25, 0.3) is 0 Å². The van der Waals surface area contributed by atoms with Crippen LogP contribution in [0.4, 0.5) is 0 Å². The first-order valence-corrected chi connectivity index (χ1v) is 8.83. The van der Waals surface area contributed by atoms with Crippen molar-refractivity contribution in [1.82, 2.24) is 5.32 Å². The van der Waals surface area contributed by atoms with Gasteiger partial charge in [-0.25, -0.2) is 4.79 Å². The second kappa shape index (κ2) is 7.15. The normalized spacial score (nSPS) is 22.3. The molecule has 0 radical (unpaired) electrons. The lowest BCUT2D eigenvalue weighted by Crippen LogP contribution is -2.40. The minimum absolute atomic E-state index is 0.115. The first-order chi connectivity index (χ1) is 12.2. The fraction of sp³-hybridized carbons (Fsp3) is 0.579. The number of benzene rings is 1. The summed E-state index contributed by atoms with van der Waals surface area (Å²) in [6.07, 6.45) is -0.641. The van der Waals surface area contributed by atoms with Crippen LogP contribution in [0.15, 0.2) is 18.2 Å². The van der Waals surface area contributed by atoms with Crippen LogP contribution in [0, 0.1) is 5.92 Å². The molecular weight excluding hydrogens is 338 g/mol. The number of esters is 1. The summed E-state index contributed by atoms with van der Waals surface area (Å²) < 4.78 is 16.2. The van der Waals surface area contributed by atoms with Crippen LogP contribution in [-0.4, -0.2) is 48.4 Å². The Morgan fingerprint density at radius 1 is 1.27 bits per heavy atom. The molecular formula is C19H25NO6. The number of hydrogen-bond acceptors (Lipinski definition) is 6. The van der Waals surface area contributed by atoms with E-state index < -0.39 is 17.7 Å². The molecule has 2 aliphatic rings. The monoisotopic (exact) mass is 363 g/mol. The summed E-state index contributed by atoms with van der Waals surface area (Å²) in [6.45, 7) is 6.07. The quantitative estimate of drug-likeness (QED) is 0.768. The average molecular weight is 363 g/mol. The smallest absolute Gasteiger partial charge is 0.337 e. The SMILES string of the molecule is CC(C)(C)OC(=O)[C@H](O)CNC(=O)[C@@H]1C[C@@H]1c1ccc2c(c1)OCCO2. The van der Waals surface area contributed by atoms with Gasteiger partial charge in [-0.15, -0.1) is 0 Å². The molecule has 142 valence electrons.